The first kappa shape index (κ1) is 9.68. The van der Waals surface area contributed by atoms with E-state index >= 15 is 0 Å². The fourth-order valence-electron chi connectivity index (χ4n) is 1.22. The SMILES string of the molecule is Cc1sc2ccccc2[n+]1C.[Br-]. The second-order valence-corrected chi connectivity index (χ2v) is 3.88. The molecule has 1 nitrogen and oxygen atoms in total. The van der Waals surface area contributed by atoms with E-state index in [0.717, 1.165) is 0 Å². The lowest BCUT2D eigenvalue weighted by atomic mass is 10.3. The summed E-state index contributed by atoms with van der Waals surface area (Å²) >= 11 is 1.84. The van der Waals surface area contributed by atoms with Gasteiger partial charge in [-0.1, -0.05) is 23.5 Å². The molecule has 2 rings (SSSR count). The van der Waals surface area contributed by atoms with E-state index < -0.39 is 0 Å². The van der Waals surface area contributed by atoms with E-state index in [1.807, 2.05) is 11.3 Å². The van der Waals surface area contributed by atoms with Gasteiger partial charge in [-0.15, -0.1) is 0 Å². The molecule has 3 heteroatoms. The highest BCUT2D eigenvalue weighted by atomic mass is 79.9. The van der Waals surface area contributed by atoms with Crippen molar-refractivity contribution >= 4 is 21.6 Å². The number of hydrogen-bond donors (Lipinski definition) is 0. The summed E-state index contributed by atoms with van der Waals surface area (Å²) in [6, 6.07) is 8.47. The van der Waals surface area contributed by atoms with Gasteiger partial charge in [0.1, 0.15) is 11.7 Å². The molecule has 12 heavy (non-hydrogen) atoms. The number of hydrogen-bond acceptors (Lipinski definition) is 1. The Morgan fingerprint density at radius 2 is 1.92 bits per heavy atom. The van der Waals surface area contributed by atoms with Crippen molar-refractivity contribution in [1.29, 1.82) is 0 Å². The molecule has 0 saturated carbocycles. The van der Waals surface area contributed by atoms with E-state index in [0.29, 0.717) is 0 Å². The molecule has 0 bridgehead atoms. The van der Waals surface area contributed by atoms with Crippen LogP contribution in [0.3, 0.4) is 0 Å². The Morgan fingerprint density at radius 3 is 2.58 bits per heavy atom. The van der Waals surface area contributed by atoms with Gasteiger partial charge in [0.15, 0.2) is 0 Å². The van der Waals surface area contributed by atoms with Crippen LogP contribution in [0, 0.1) is 6.92 Å². The molecule has 2 aromatic rings. The summed E-state index contributed by atoms with van der Waals surface area (Å²) in [7, 11) is 2.11. The lowest BCUT2D eigenvalue weighted by Crippen LogP contribution is -3.00. The summed E-state index contributed by atoms with van der Waals surface area (Å²) in [6.07, 6.45) is 0. The fraction of sp³-hybridized carbons (Fsp3) is 0.222. The van der Waals surface area contributed by atoms with Crippen molar-refractivity contribution in [2.75, 3.05) is 0 Å². The van der Waals surface area contributed by atoms with E-state index in [4.69, 9.17) is 0 Å². The standard InChI is InChI=1S/C9H10NS.BrH/c1-7-10(2)8-5-3-4-6-9(8)11-7;/h3-6H,1-2H3;1H/q+1;/p-1. The van der Waals surface area contributed by atoms with Gasteiger partial charge in [0.2, 0.25) is 10.5 Å². The molecule has 64 valence electrons. The zero-order valence-electron chi connectivity index (χ0n) is 7.04. The van der Waals surface area contributed by atoms with Crippen molar-refractivity contribution in [3.63, 3.8) is 0 Å². The van der Waals surface area contributed by atoms with Crippen LogP contribution in [0.2, 0.25) is 0 Å². The maximum Gasteiger partial charge on any atom is 0.234 e. The van der Waals surface area contributed by atoms with Crippen LogP contribution in [0.25, 0.3) is 10.2 Å². The number of para-hydroxylation sites is 1. The number of benzene rings is 1. The zero-order chi connectivity index (χ0) is 7.84. The van der Waals surface area contributed by atoms with Gasteiger partial charge < -0.3 is 17.0 Å². The summed E-state index contributed by atoms with van der Waals surface area (Å²) in [5.74, 6) is 0. The van der Waals surface area contributed by atoms with Crippen molar-refractivity contribution in [2.45, 2.75) is 6.92 Å². The van der Waals surface area contributed by atoms with Crippen molar-refractivity contribution < 1.29 is 21.5 Å². The maximum absolute atomic E-state index is 2.22. The number of halogens is 1. The highest BCUT2D eigenvalue weighted by molar-refractivity contribution is 7.18. The molecule has 0 fully saturated rings. The molecule has 0 aliphatic rings. The van der Waals surface area contributed by atoms with Crippen LogP contribution in [0.15, 0.2) is 24.3 Å². The van der Waals surface area contributed by atoms with Crippen LogP contribution in [0.5, 0.6) is 0 Å². The van der Waals surface area contributed by atoms with E-state index in [1.54, 1.807) is 0 Å². The minimum atomic E-state index is 0. The summed E-state index contributed by atoms with van der Waals surface area (Å²) < 4.78 is 3.59. The molecule has 1 aromatic carbocycles. The normalized spacial score (nSPS) is 9.83. The van der Waals surface area contributed by atoms with Crippen LogP contribution >= 0.6 is 11.3 Å². The molecular weight excluding hydrogens is 234 g/mol. The minimum Gasteiger partial charge on any atom is -1.00 e. The predicted molar refractivity (Wildman–Crippen MR) is 47.7 cm³/mol. The molecule has 0 atom stereocenters. The first-order valence-corrected chi connectivity index (χ1v) is 4.45. The van der Waals surface area contributed by atoms with Crippen molar-refractivity contribution in [1.82, 2.24) is 0 Å². The number of nitrogens with zero attached hydrogens (tertiary/aromatic N) is 1. The second kappa shape index (κ2) is 3.54. The summed E-state index contributed by atoms with van der Waals surface area (Å²) in [6.45, 7) is 2.14. The van der Waals surface area contributed by atoms with Crippen LogP contribution in [0.4, 0.5) is 0 Å². The average Bonchev–Trinajstić information content (AvgIpc) is 2.30. The first-order chi connectivity index (χ1) is 5.29. The Morgan fingerprint density at radius 1 is 1.25 bits per heavy atom. The van der Waals surface area contributed by atoms with Gasteiger partial charge in [-0.25, -0.2) is 0 Å². The maximum atomic E-state index is 2.22. The molecule has 0 N–H and O–H groups in total. The molecule has 0 amide bonds. The molecule has 0 spiro atoms. The lowest BCUT2D eigenvalue weighted by Gasteiger charge is -1.82. The lowest BCUT2D eigenvalue weighted by molar-refractivity contribution is -0.646. The van der Waals surface area contributed by atoms with Crippen LogP contribution < -0.4 is 21.5 Å². The monoisotopic (exact) mass is 243 g/mol. The predicted octanol–water partition coefficient (Wildman–Crippen LogP) is -0.962. The van der Waals surface area contributed by atoms with E-state index in [-0.39, 0.29) is 17.0 Å². The smallest absolute Gasteiger partial charge is 0.234 e. The number of aryl methyl sites for hydroxylation is 2. The van der Waals surface area contributed by atoms with E-state index in [2.05, 4.69) is 42.8 Å². The third-order valence-corrected chi connectivity index (χ3v) is 3.09. The molecule has 0 saturated heterocycles. The Balaban J connectivity index is 0.000000720. The zero-order valence-corrected chi connectivity index (χ0v) is 9.45. The Bertz CT molecular complexity index is 394. The fourth-order valence-corrected chi connectivity index (χ4v) is 2.23. The van der Waals surface area contributed by atoms with Crippen LogP contribution in [-0.4, -0.2) is 0 Å². The largest absolute Gasteiger partial charge is 1.00 e. The quantitative estimate of drug-likeness (QED) is 0.525. The van der Waals surface area contributed by atoms with Gasteiger partial charge in [0.25, 0.3) is 0 Å². The van der Waals surface area contributed by atoms with Gasteiger partial charge in [0, 0.05) is 13.0 Å². The third-order valence-electron chi connectivity index (χ3n) is 1.96. The Labute approximate surface area is 86.4 Å². The van der Waals surface area contributed by atoms with E-state index in [9.17, 15) is 0 Å². The molecule has 0 aliphatic carbocycles. The van der Waals surface area contributed by atoms with Crippen molar-refractivity contribution in [3.8, 4) is 0 Å². The number of rotatable bonds is 0. The highest BCUT2D eigenvalue weighted by Gasteiger charge is 2.10. The molecular formula is C9H10BrNS. The Hall–Kier alpha value is -0.410. The van der Waals surface area contributed by atoms with Gasteiger partial charge in [-0.05, 0) is 6.07 Å². The topological polar surface area (TPSA) is 3.88 Å². The number of fused-ring (bicyclic) bond motifs is 1. The van der Waals surface area contributed by atoms with Gasteiger partial charge >= 0.3 is 0 Å². The number of aromatic nitrogens is 1. The summed E-state index contributed by atoms with van der Waals surface area (Å²) in [4.78, 5) is 0. The summed E-state index contributed by atoms with van der Waals surface area (Å²) in [5, 5.41) is 1.35. The van der Waals surface area contributed by atoms with Crippen LogP contribution in [-0.2, 0) is 7.05 Å². The first-order valence-electron chi connectivity index (χ1n) is 3.63. The Kier molecular flexibility index (Phi) is 2.85. The molecule has 1 heterocycles. The molecule has 0 radical (unpaired) electrons. The van der Waals surface area contributed by atoms with Gasteiger partial charge in [-0.2, -0.15) is 4.57 Å². The highest BCUT2D eigenvalue weighted by Crippen LogP contribution is 2.17. The van der Waals surface area contributed by atoms with Crippen molar-refractivity contribution in [3.05, 3.63) is 29.3 Å². The molecule has 0 aliphatic heterocycles. The second-order valence-electron chi connectivity index (χ2n) is 2.65. The molecule has 1 aromatic heterocycles. The van der Waals surface area contributed by atoms with Gasteiger partial charge in [-0.3, -0.25) is 0 Å². The number of thiazole rings is 1. The molecule has 0 unspecified atom stereocenters. The van der Waals surface area contributed by atoms with Crippen molar-refractivity contribution in [2.24, 2.45) is 7.05 Å². The van der Waals surface area contributed by atoms with Crippen LogP contribution in [0.1, 0.15) is 5.01 Å². The average molecular weight is 244 g/mol. The van der Waals surface area contributed by atoms with Gasteiger partial charge in [0.05, 0.1) is 0 Å². The minimum absolute atomic E-state index is 0. The van der Waals surface area contributed by atoms with E-state index in [1.165, 1.54) is 15.2 Å². The summed E-state index contributed by atoms with van der Waals surface area (Å²) in [5.41, 5.74) is 1.33. The third kappa shape index (κ3) is 1.39.